The summed E-state index contributed by atoms with van der Waals surface area (Å²) in [6.45, 7) is 10.2. The van der Waals surface area contributed by atoms with Gasteiger partial charge in [0.25, 0.3) is 0 Å². The van der Waals surface area contributed by atoms with E-state index in [0.29, 0.717) is 27.9 Å². The van der Waals surface area contributed by atoms with Crippen molar-refractivity contribution in [1.29, 1.82) is 0 Å². The maximum atomic E-state index is 12.3. The fourth-order valence-electron chi connectivity index (χ4n) is 3.21. The van der Waals surface area contributed by atoms with Crippen LogP contribution in [0.15, 0.2) is 18.3 Å². The van der Waals surface area contributed by atoms with Gasteiger partial charge in [-0.05, 0) is 57.9 Å². The number of hydrogen-bond donors (Lipinski definition) is 1. The van der Waals surface area contributed by atoms with Crippen LogP contribution in [0.4, 0.5) is 0 Å². The molecule has 0 atom stereocenters. The van der Waals surface area contributed by atoms with E-state index < -0.39 is 11.6 Å². The molecule has 29 heavy (non-hydrogen) atoms. The van der Waals surface area contributed by atoms with Crippen molar-refractivity contribution in [3.05, 3.63) is 35.4 Å². The van der Waals surface area contributed by atoms with Gasteiger partial charge in [-0.3, -0.25) is 14.3 Å². The molecule has 0 amide bonds. The fourth-order valence-corrected chi connectivity index (χ4v) is 3.21. The molecule has 152 valence electrons. The van der Waals surface area contributed by atoms with Crippen LogP contribution in [0.5, 0.6) is 5.88 Å². The molecule has 8 nitrogen and oxygen atoms in total. The molecule has 0 aliphatic heterocycles. The van der Waals surface area contributed by atoms with Crippen LogP contribution in [0.25, 0.3) is 22.0 Å². The number of carbonyl (C=O) groups excluding carboxylic acids is 2. The molecule has 0 aliphatic carbocycles. The van der Waals surface area contributed by atoms with Gasteiger partial charge in [-0.25, -0.2) is 4.98 Å². The van der Waals surface area contributed by atoms with E-state index >= 15 is 0 Å². The Kier molecular flexibility index (Phi) is 5.13. The predicted molar refractivity (Wildman–Crippen MR) is 108 cm³/mol. The molecule has 3 aromatic rings. The average Bonchev–Trinajstić information content (AvgIpc) is 2.92. The van der Waals surface area contributed by atoms with Crippen molar-refractivity contribution in [2.45, 2.75) is 53.7 Å². The molecule has 1 aromatic carbocycles. The van der Waals surface area contributed by atoms with Crippen molar-refractivity contribution in [3.63, 3.8) is 0 Å². The molecule has 0 saturated heterocycles. The molecule has 2 heterocycles. The second-order valence-electron chi connectivity index (χ2n) is 7.99. The van der Waals surface area contributed by atoms with E-state index in [1.807, 2.05) is 13.0 Å². The van der Waals surface area contributed by atoms with Crippen LogP contribution in [-0.2, 0) is 16.1 Å². The lowest BCUT2D eigenvalue weighted by Crippen LogP contribution is -2.27. The van der Waals surface area contributed by atoms with E-state index in [2.05, 4.69) is 15.1 Å². The Labute approximate surface area is 168 Å². The minimum absolute atomic E-state index is 0.111. The zero-order chi connectivity index (χ0) is 21.5. The predicted octanol–water partition coefficient (Wildman–Crippen LogP) is 3.36. The van der Waals surface area contributed by atoms with Crippen LogP contribution in [0, 0.1) is 13.8 Å². The number of Topliss-reactive ketones (excluding diaryl/α,β-unsaturated/α-hetero) is 1. The van der Waals surface area contributed by atoms with Gasteiger partial charge in [-0.2, -0.15) is 10.1 Å². The van der Waals surface area contributed by atoms with Crippen LogP contribution >= 0.6 is 0 Å². The van der Waals surface area contributed by atoms with Crippen molar-refractivity contribution in [3.8, 4) is 17.0 Å². The minimum Gasteiger partial charge on any atom is -0.493 e. The Bertz CT molecular complexity index is 1130. The van der Waals surface area contributed by atoms with Crippen LogP contribution in [-0.4, -0.2) is 42.2 Å². The highest BCUT2D eigenvalue weighted by atomic mass is 16.6. The van der Waals surface area contributed by atoms with Crippen molar-refractivity contribution < 1.29 is 19.4 Å². The van der Waals surface area contributed by atoms with Gasteiger partial charge in [0.15, 0.2) is 5.78 Å². The first-order valence-corrected chi connectivity index (χ1v) is 9.23. The van der Waals surface area contributed by atoms with E-state index in [-0.39, 0.29) is 23.9 Å². The summed E-state index contributed by atoms with van der Waals surface area (Å²) in [6, 6.07) is 3.60. The first-order valence-electron chi connectivity index (χ1n) is 9.23. The number of ketones is 1. The maximum absolute atomic E-state index is 12.3. The molecule has 0 unspecified atom stereocenters. The average molecular weight is 396 g/mol. The van der Waals surface area contributed by atoms with Crippen LogP contribution in [0.3, 0.4) is 0 Å². The number of aromatic hydroxyl groups is 1. The highest BCUT2D eigenvalue weighted by molar-refractivity contribution is 6.07. The van der Waals surface area contributed by atoms with Gasteiger partial charge < -0.3 is 9.84 Å². The summed E-state index contributed by atoms with van der Waals surface area (Å²) < 4.78 is 6.88. The normalized spacial score (nSPS) is 11.7. The molecule has 0 radical (unpaired) electrons. The van der Waals surface area contributed by atoms with Crippen molar-refractivity contribution >= 4 is 22.7 Å². The van der Waals surface area contributed by atoms with Crippen LogP contribution < -0.4 is 0 Å². The number of ether oxygens (including phenoxy) is 1. The Morgan fingerprint density at radius 1 is 1.21 bits per heavy atom. The molecule has 0 spiro atoms. The second kappa shape index (κ2) is 7.27. The molecule has 0 fully saturated rings. The van der Waals surface area contributed by atoms with Gasteiger partial charge in [-0.1, -0.05) is 0 Å². The van der Waals surface area contributed by atoms with Gasteiger partial charge in [0.1, 0.15) is 23.7 Å². The molecule has 0 aliphatic rings. The third-order valence-electron chi connectivity index (χ3n) is 4.27. The maximum Gasteiger partial charge on any atom is 0.328 e. The van der Waals surface area contributed by atoms with Crippen molar-refractivity contribution in [1.82, 2.24) is 19.7 Å². The Morgan fingerprint density at radius 3 is 2.48 bits per heavy atom. The number of hydrogen-bond acceptors (Lipinski definition) is 7. The van der Waals surface area contributed by atoms with E-state index in [0.717, 1.165) is 5.56 Å². The third-order valence-corrected chi connectivity index (χ3v) is 4.27. The molecule has 8 heteroatoms. The summed E-state index contributed by atoms with van der Waals surface area (Å²) in [6.07, 6.45) is 1.54. The molecule has 2 aromatic heterocycles. The highest BCUT2D eigenvalue weighted by Gasteiger charge is 2.22. The summed E-state index contributed by atoms with van der Waals surface area (Å²) in [5, 5.41) is 15.2. The van der Waals surface area contributed by atoms with Gasteiger partial charge in [0, 0.05) is 18.5 Å². The molecule has 1 N–H and O–H groups in total. The largest absolute Gasteiger partial charge is 0.493 e. The van der Waals surface area contributed by atoms with Crippen molar-refractivity contribution in [2.75, 3.05) is 0 Å². The first-order chi connectivity index (χ1) is 13.5. The number of benzene rings is 1. The number of esters is 1. The first kappa shape index (κ1) is 20.4. The molecular weight excluding hydrogens is 372 g/mol. The summed E-state index contributed by atoms with van der Waals surface area (Å²) in [5.74, 6) is -0.343. The lowest BCUT2D eigenvalue weighted by Gasteiger charge is -2.19. The fraction of sp³-hybridized carbons (Fsp3) is 0.381. The van der Waals surface area contributed by atoms with Gasteiger partial charge in [0.05, 0.1) is 11.1 Å². The smallest absolute Gasteiger partial charge is 0.328 e. The Hall–Kier alpha value is -3.29. The number of carbonyl (C=O) groups is 2. The quantitative estimate of drug-likeness (QED) is 0.532. The number of aryl methyl sites for hydroxylation is 2. The van der Waals surface area contributed by atoms with Crippen LogP contribution in [0.2, 0.25) is 0 Å². The third kappa shape index (κ3) is 4.26. The van der Waals surface area contributed by atoms with E-state index in [9.17, 15) is 14.7 Å². The van der Waals surface area contributed by atoms with Crippen molar-refractivity contribution in [2.24, 2.45) is 0 Å². The number of aromatic nitrogens is 4. The van der Waals surface area contributed by atoms with Crippen LogP contribution in [0.1, 0.15) is 49.6 Å². The summed E-state index contributed by atoms with van der Waals surface area (Å²) in [5.41, 5.74) is 2.20. The lowest BCUT2D eigenvalue weighted by atomic mass is 10.0. The van der Waals surface area contributed by atoms with Gasteiger partial charge >= 0.3 is 5.97 Å². The zero-order valence-corrected chi connectivity index (χ0v) is 17.4. The van der Waals surface area contributed by atoms with Gasteiger partial charge in [0.2, 0.25) is 5.88 Å². The number of nitrogens with zero attached hydrogens (tertiary/aromatic N) is 4. The molecule has 3 rings (SSSR count). The minimum atomic E-state index is -0.616. The summed E-state index contributed by atoms with van der Waals surface area (Å²) in [7, 11) is 0. The monoisotopic (exact) mass is 396 g/mol. The Morgan fingerprint density at radius 2 is 1.90 bits per heavy atom. The summed E-state index contributed by atoms with van der Waals surface area (Å²) >= 11 is 0. The zero-order valence-electron chi connectivity index (χ0n) is 17.4. The topological polar surface area (TPSA) is 107 Å². The summed E-state index contributed by atoms with van der Waals surface area (Å²) in [4.78, 5) is 32.6. The Balaban J connectivity index is 2.15. The molecule has 0 bridgehead atoms. The standard InChI is InChI=1S/C21H24N4O4/c1-11-7-14(16-9-22-13(3)23-20(16)28)8-15-18(12(2)26)24-25(19(11)15)10-17(27)29-21(4,5)6/h7-9H,10H2,1-6H3,(H,22,23,28). The highest BCUT2D eigenvalue weighted by Crippen LogP contribution is 2.33. The van der Waals surface area contributed by atoms with E-state index in [1.54, 1.807) is 33.8 Å². The lowest BCUT2D eigenvalue weighted by molar-refractivity contribution is -0.155. The van der Waals surface area contributed by atoms with E-state index in [4.69, 9.17) is 4.74 Å². The number of rotatable bonds is 4. The molecule has 0 saturated carbocycles. The SMILES string of the molecule is CC(=O)c1nn(CC(=O)OC(C)(C)C)c2c(C)cc(-c3cnc(C)nc3O)cc12. The van der Waals surface area contributed by atoms with E-state index in [1.165, 1.54) is 17.8 Å². The van der Waals surface area contributed by atoms with Gasteiger partial charge in [-0.15, -0.1) is 0 Å². The number of fused-ring (bicyclic) bond motifs is 1. The second-order valence-corrected chi connectivity index (χ2v) is 7.99. The molecular formula is C21H24N4O4.